The number of rotatable bonds is 5. The Balaban J connectivity index is 1.98. The average molecular weight is 349 g/mol. The van der Waals surface area contributed by atoms with Crippen LogP contribution < -0.4 is 10.2 Å². The number of carbonyl (C=O) groups excluding carboxylic acids is 2. The summed E-state index contributed by atoms with van der Waals surface area (Å²) in [6, 6.07) is 8.34. The molecule has 2 amide bonds. The summed E-state index contributed by atoms with van der Waals surface area (Å²) in [5.74, 6) is -0.522. The van der Waals surface area contributed by atoms with Crippen molar-refractivity contribution in [2.75, 3.05) is 23.0 Å². The zero-order chi connectivity index (χ0) is 17.7. The van der Waals surface area contributed by atoms with Crippen molar-refractivity contribution in [1.82, 2.24) is 5.32 Å². The van der Waals surface area contributed by atoms with Crippen molar-refractivity contribution >= 4 is 27.3 Å². The maximum Gasteiger partial charge on any atom is 0.223 e. The molecule has 1 aromatic rings. The number of anilines is 1. The third kappa shape index (κ3) is 4.55. The summed E-state index contributed by atoms with van der Waals surface area (Å²) >= 11 is 0. The minimum atomic E-state index is -3.05. The number of nitrogens with one attached hydrogen (secondary N) is 1. The number of benzene rings is 1. The largest absolute Gasteiger partial charge is 0.352 e. The number of hydrogen-bond donors (Lipinski definition) is 1. The van der Waals surface area contributed by atoms with Gasteiger partial charge in [0.25, 0.3) is 0 Å². The van der Waals surface area contributed by atoms with Gasteiger partial charge >= 0.3 is 0 Å². The van der Waals surface area contributed by atoms with Crippen molar-refractivity contribution in [3.05, 3.63) is 29.8 Å². The number of amides is 2. The molecule has 2 rings (SSSR count). The number of para-hydroxylation sites is 1. The van der Waals surface area contributed by atoms with Gasteiger partial charge in [-0.2, -0.15) is 5.26 Å². The van der Waals surface area contributed by atoms with E-state index in [0.717, 1.165) is 0 Å². The Morgan fingerprint density at radius 3 is 2.67 bits per heavy atom. The fourth-order valence-electron chi connectivity index (χ4n) is 2.67. The lowest BCUT2D eigenvalue weighted by Crippen LogP contribution is -2.39. The summed E-state index contributed by atoms with van der Waals surface area (Å²) in [7, 11) is -3.05. The molecule has 1 N–H and O–H groups in total. The number of carbonyl (C=O) groups is 2. The van der Waals surface area contributed by atoms with Crippen LogP contribution >= 0.6 is 0 Å². The van der Waals surface area contributed by atoms with Crippen molar-refractivity contribution in [2.45, 2.75) is 25.8 Å². The van der Waals surface area contributed by atoms with Crippen LogP contribution in [0.4, 0.5) is 5.69 Å². The smallest absolute Gasteiger partial charge is 0.223 e. The standard InChI is InChI=1S/C16H19N3O4S/c1-12(20)19(15-5-3-2-4-13(15)10-17)8-6-16(21)18-14-7-9-24(22,23)11-14/h2-5,14H,6-9,11H2,1H3,(H,18,21). The highest BCUT2D eigenvalue weighted by Gasteiger charge is 2.29. The van der Waals surface area contributed by atoms with Crippen molar-refractivity contribution in [3.63, 3.8) is 0 Å². The van der Waals surface area contributed by atoms with E-state index >= 15 is 0 Å². The van der Waals surface area contributed by atoms with E-state index in [-0.39, 0.29) is 42.3 Å². The van der Waals surface area contributed by atoms with E-state index in [1.807, 2.05) is 6.07 Å². The monoisotopic (exact) mass is 349 g/mol. The molecule has 128 valence electrons. The van der Waals surface area contributed by atoms with Gasteiger partial charge in [-0.25, -0.2) is 8.42 Å². The number of sulfone groups is 1. The lowest BCUT2D eigenvalue weighted by Gasteiger charge is -2.22. The molecule has 1 saturated heterocycles. The van der Waals surface area contributed by atoms with Crippen LogP contribution in [0.3, 0.4) is 0 Å². The van der Waals surface area contributed by atoms with Gasteiger partial charge in [0.1, 0.15) is 6.07 Å². The summed E-state index contributed by atoms with van der Waals surface area (Å²) in [4.78, 5) is 25.3. The van der Waals surface area contributed by atoms with Crippen LogP contribution in [0.1, 0.15) is 25.3 Å². The van der Waals surface area contributed by atoms with E-state index in [1.54, 1.807) is 24.3 Å². The maximum atomic E-state index is 12.0. The maximum absolute atomic E-state index is 12.0. The van der Waals surface area contributed by atoms with Gasteiger partial charge < -0.3 is 10.2 Å². The summed E-state index contributed by atoms with van der Waals surface area (Å²) in [5.41, 5.74) is 0.818. The Morgan fingerprint density at radius 1 is 1.38 bits per heavy atom. The minimum Gasteiger partial charge on any atom is -0.352 e. The first-order valence-electron chi connectivity index (χ1n) is 7.59. The lowest BCUT2D eigenvalue weighted by molar-refractivity contribution is -0.121. The second-order valence-corrected chi connectivity index (χ2v) is 7.95. The third-order valence-corrected chi connectivity index (χ3v) is 5.62. The minimum absolute atomic E-state index is 0.0353. The number of nitriles is 1. The summed E-state index contributed by atoms with van der Waals surface area (Å²) in [6.07, 6.45) is 0.456. The Kier molecular flexibility index (Phi) is 5.57. The van der Waals surface area contributed by atoms with Crippen LogP contribution in [-0.2, 0) is 19.4 Å². The van der Waals surface area contributed by atoms with Crippen LogP contribution in [0.15, 0.2) is 24.3 Å². The molecule has 1 aliphatic rings. The molecule has 0 saturated carbocycles. The van der Waals surface area contributed by atoms with Gasteiger partial charge in [-0.05, 0) is 18.6 Å². The molecule has 0 aromatic heterocycles. The van der Waals surface area contributed by atoms with E-state index in [1.165, 1.54) is 11.8 Å². The van der Waals surface area contributed by atoms with E-state index in [9.17, 15) is 18.0 Å². The van der Waals surface area contributed by atoms with E-state index < -0.39 is 9.84 Å². The predicted molar refractivity (Wildman–Crippen MR) is 89.0 cm³/mol. The molecule has 1 fully saturated rings. The van der Waals surface area contributed by atoms with Gasteiger partial charge in [-0.3, -0.25) is 9.59 Å². The zero-order valence-corrected chi connectivity index (χ0v) is 14.2. The quantitative estimate of drug-likeness (QED) is 0.838. The Hall–Kier alpha value is -2.40. The van der Waals surface area contributed by atoms with Crippen molar-refractivity contribution in [2.24, 2.45) is 0 Å². The van der Waals surface area contributed by atoms with Crippen molar-refractivity contribution < 1.29 is 18.0 Å². The molecule has 0 bridgehead atoms. The molecule has 0 spiro atoms. The van der Waals surface area contributed by atoms with Crippen LogP contribution in [-0.4, -0.2) is 44.3 Å². The fraction of sp³-hybridized carbons (Fsp3) is 0.438. The second kappa shape index (κ2) is 7.45. The molecule has 8 heteroatoms. The fourth-order valence-corrected chi connectivity index (χ4v) is 4.35. The molecule has 1 aromatic carbocycles. The van der Waals surface area contributed by atoms with E-state index in [2.05, 4.69) is 5.32 Å². The molecular formula is C16H19N3O4S. The Morgan fingerprint density at radius 2 is 2.08 bits per heavy atom. The first-order chi connectivity index (χ1) is 11.3. The van der Waals surface area contributed by atoms with Gasteiger partial charge in [-0.1, -0.05) is 12.1 Å². The molecule has 0 aliphatic carbocycles. The zero-order valence-electron chi connectivity index (χ0n) is 13.4. The molecular weight excluding hydrogens is 330 g/mol. The van der Waals surface area contributed by atoms with Gasteiger partial charge in [-0.15, -0.1) is 0 Å². The number of nitrogens with zero attached hydrogens (tertiary/aromatic N) is 2. The van der Waals surface area contributed by atoms with E-state index in [0.29, 0.717) is 17.7 Å². The van der Waals surface area contributed by atoms with Crippen LogP contribution in [0, 0.1) is 11.3 Å². The van der Waals surface area contributed by atoms with Gasteiger partial charge in [0, 0.05) is 25.9 Å². The number of hydrogen-bond acceptors (Lipinski definition) is 5. The molecule has 24 heavy (non-hydrogen) atoms. The Labute approximate surface area is 141 Å². The Bertz CT molecular complexity index is 783. The highest BCUT2D eigenvalue weighted by atomic mass is 32.2. The average Bonchev–Trinajstić information content (AvgIpc) is 2.86. The molecule has 7 nitrogen and oxygen atoms in total. The molecule has 1 aliphatic heterocycles. The molecule has 1 atom stereocenters. The van der Waals surface area contributed by atoms with Crippen LogP contribution in [0.5, 0.6) is 0 Å². The molecule has 1 unspecified atom stereocenters. The van der Waals surface area contributed by atoms with Gasteiger partial charge in [0.15, 0.2) is 9.84 Å². The molecule has 1 heterocycles. The topological polar surface area (TPSA) is 107 Å². The van der Waals surface area contributed by atoms with Crippen molar-refractivity contribution in [3.8, 4) is 6.07 Å². The first-order valence-corrected chi connectivity index (χ1v) is 9.41. The summed E-state index contributed by atoms with van der Waals surface area (Å²) < 4.78 is 22.8. The normalized spacial score (nSPS) is 18.6. The summed E-state index contributed by atoms with van der Waals surface area (Å²) in [5, 5.41) is 11.8. The highest BCUT2D eigenvalue weighted by Crippen LogP contribution is 2.20. The third-order valence-electron chi connectivity index (χ3n) is 3.86. The SMILES string of the molecule is CC(=O)N(CCC(=O)NC1CCS(=O)(=O)C1)c1ccccc1C#N. The lowest BCUT2D eigenvalue weighted by atomic mass is 10.1. The van der Waals surface area contributed by atoms with Crippen LogP contribution in [0.25, 0.3) is 0 Å². The van der Waals surface area contributed by atoms with Gasteiger partial charge in [0.2, 0.25) is 11.8 Å². The summed E-state index contributed by atoms with van der Waals surface area (Å²) in [6.45, 7) is 1.49. The van der Waals surface area contributed by atoms with Crippen LogP contribution in [0.2, 0.25) is 0 Å². The molecule has 0 radical (unpaired) electrons. The second-order valence-electron chi connectivity index (χ2n) is 5.72. The highest BCUT2D eigenvalue weighted by molar-refractivity contribution is 7.91. The van der Waals surface area contributed by atoms with Gasteiger partial charge in [0.05, 0.1) is 22.8 Å². The predicted octanol–water partition coefficient (Wildman–Crippen LogP) is 0.605. The van der Waals surface area contributed by atoms with Crippen molar-refractivity contribution in [1.29, 1.82) is 5.26 Å². The first kappa shape index (κ1) is 17.9. The van der Waals surface area contributed by atoms with E-state index in [4.69, 9.17) is 5.26 Å².